The monoisotopic (exact) mass is 351 g/mol. The fourth-order valence-corrected chi connectivity index (χ4v) is 2.90. The molecule has 0 fully saturated rings. The Bertz CT molecular complexity index is 676. The van der Waals surface area contributed by atoms with Gasteiger partial charge in [0.1, 0.15) is 11.5 Å². The maximum atomic E-state index is 12.4. The van der Waals surface area contributed by atoms with E-state index in [4.69, 9.17) is 21.1 Å². The van der Waals surface area contributed by atoms with Crippen molar-refractivity contribution in [1.29, 1.82) is 0 Å². The van der Waals surface area contributed by atoms with Crippen molar-refractivity contribution in [3.8, 4) is 11.5 Å². The van der Waals surface area contributed by atoms with Gasteiger partial charge in [0, 0.05) is 16.0 Å². The zero-order valence-electron chi connectivity index (χ0n) is 13.1. The number of amides is 1. The van der Waals surface area contributed by atoms with Gasteiger partial charge in [-0.2, -0.15) is 0 Å². The van der Waals surface area contributed by atoms with E-state index in [-0.39, 0.29) is 11.2 Å². The molecular formula is C17H18ClNO3S. The first-order chi connectivity index (χ1) is 11.0. The molecule has 1 N–H and O–H groups in total. The van der Waals surface area contributed by atoms with E-state index in [1.54, 1.807) is 44.6 Å². The molecule has 0 unspecified atom stereocenters. The number of rotatable bonds is 6. The second-order valence-electron chi connectivity index (χ2n) is 4.77. The molecule has 0 bridgehead atoms. The van der Waals surface area contributed by atoms with Crippen LogP contribution in [-0.4, -0.2) is 25.4 Å². The zero-order valence-corrected chi connectivity index (χ0v) is 14.7. The molecule has 0 aromatic heterocycles. The van der Waals surface area contributed by atoms with E-state index in [1.165, 1.54) is 11.8 Å². The normalized spacial score (nSPS) is 11.7. The van der Waals surface area contributed by atoms with Crippen LogP contribution in [0.2, 0.25) is 5.02 Å². The summed E-state index contributed by atoms with van der Waals surface area (Å²) in [6, 6.07) is 12.7. The van der Waals surface area contributed by atoms with E-state index in [2.05, 4.69) is 5.32 Å². The van der Waals surface area contributed by atoms with Crippen LogP contribution in [0.15, 0.2) is 47.4 Å². The van der Waals surface area contributed by atoms with E-state index in [9.17, 15) is 4.79 Å². The molecule has 122 valence electrons. The molecule has 0 radical (unpaired) electrons. The van der Waals surface area contributed by atoms with E-state index in [0.29, 0.717) is 22.2 Å². The van der Waals surface area contributed by atoms with Gasteiger partial charge in [0.2, 0.25) is 5.91 Å². The lowest BCUT2D eigenvalue weighted by molar-refractivity contribution is -0.115. The summed E-state index contributed by atoms with van der Waals surface area (Å²) in [4.78, 5) is 13.3. The number of nitrogens with one attached hydrogen (secondary N) is 1. The Hall–Kier alpha value is -1.85. The van der Waals surface area contributed by atoms with Crippen LogP contribution < -0.4 is 14.8 Å². The number of benzene rings is 2. The Balaban J connectivity index is 2.04. The molecule has 0 spiro atoms. The smallest absolute Gasteiger partial charge is 0.237 e. The van der Waals surface area contributed by atoms with Gasteiger partial charge in [-0.3, -0.25) is 4.79 Å². The third-order valence-electron chi connectivity index (χ3n) is 3.16. The molecule has 0 aliphatic rings. The average Bonchev–Trinajstić information content (AvgIpc) is 2.57. The van der Waals surface area contributed by atoms with E-state index < -0.39 is 0 Å². The quantitative estimate of drug-likeness (QED) is 0.780. The van der Waals surface area contributed by atoms with Crippen LogP contribution >= 0.6 is 23.4 Å². The molecule has 4 nitrogen and oxygen atoms in total. The SMILES string of the molecule is COc1ccc(NC(=O)[C@@H](C)Sc2ccc(Cl)cc2)c(OC)c1. The van der Waals surface area contributed by atoms with E-state index in [1.807, 2.05) is 19.1 Å². The van der Waals surface area contributed by atoms with Crippen molar-refractivity contribution in [3.05, 3.63) is 47.5 Å². The highest BCUT2D eigenvalue weighted by Crippen LogP contribution is 2.30. The minimum Gasteiger partial charge on any atom is -0.497 e. The topological polar surface area (TPSA) is 47.6 Å². The molecule has 2 aromatic rings. The van der Waals surface area contributed by atoms with Crippen LogP contribution in [0, 0.1) is 0 Å². The minimum atomic E-state index is -0.261. The second kappa shape index (κ2) is 8.13. The van der Waals surface area contributed by atoms with Gasteiger partial charge in [0.05, 0.1) is 25.2 Å². The molecule has 0 saturated carbocycles. The van der Waals surface area contributed by atoms with E-state index in [0.717, 1.165) is 4.90 Å². The number of carbonyl (C=O) groups excluding carboxylic acids is 1. The van der Waals surface area contributed by atoms with Crippen LogP contribution in [-0.2, 0) is 4.79 Å². The fourth-order valence-electron chi connectivity index (χ4n) is 1.91. The summed E-state index contributed by atoms with van der Waals surface area (Å²) in [6.07, 6.45) is 0. The summed E-state index contributed by atoms with van der Waals surface area (Å²) in [5, 5.41) is 3.29. The molecule has 0 aliphatic heterocycles. The molecule has 1 amide bonds. The van der Waals surface area contributed by atoms with Crippen LogP contribution in [0.3, 0.4) is 0 Å². The number of hydrogen-bond acceptors (Lipinski definition) is 4. The van der Waals surface area contributed by atoms with Gasteiger partial charge in [0.15, 0.2) is 0 Å². The first-order valence-corrected chi connectivity index (χ1v) is 8.24. The van der Waals surface area contributed by atoms with Crippen LogP contribution in [0.4, 0.5) is 5.69 Å². The number of ether oxygens (including phenoxy) is 2. The Labute approximate surface area is 145 Å². The molecular weight excluding hydrogens is 334 g/mol. The predicted molar refractivity (Wildman–Crippen MR) is 94.9 cm³/mol. The van der Waals surface area contributed by atoms with Crippen LogP contribution in [0.1, 0.15) is 6.92 Å². The van der Waals surface area contributed by atoms with Crippen molar-refractivity contribution in [2.75, 3.05) is 19.5 Å². The standard InChI is InChI=1S/C17H18ClNO3S/c1-11(23-14-7-4-12(18)5-8-14)17(20)19-15-9-6-13(21-2)10-16(15)22-3/h4-11H,1-3H3,(H,19,20)/t11-/m1/s1. The first kappa shape index (κ1) is 17.5. The molecule has 0 aliphatic carbocycles. The summed E-state index contributed by atoms with van der Waals surface area (Å²) in [5.74, 6) is 1.12. The largest absolute Gasteiger partial charge is 0.497 e. The lowest BCUT2D eigenvalue weighted by Gasteiger charge is -2.15. The molecule has 0 heterocycles. The number of carbonyl (C=O) groups is 1. The maximum Gasteiger partial charge on any atom is 0.237 e. The van der Waals surface area contributed by atoms with Gasteiger partial charge < -0.3 is 14.8 Å². The Morgan fingerprint density at radius 3 is 2.43 bits per heavy atom. The second-order valence-corrected chi connectivity index (χ2v) is 6.62. The third kappa shape index (κ3) is 4.81. The van der Waals surface area contributed by atoms with Crippen molar-refractivity contribution in [2.24, 2.45) is 0 Å². The molecule has 0 saturated heterocycles. The highest BCUT2D eigenvalue weighted by molar-refractivity contribution is 8.00. The predicted octanol–water partition coefficient (Wildman–Crippen LogP) is 4.48. The third-order valence-corrected chi connectivity index (χ3v) is 4.53. The molecule has 6 heteroatoms. The number of thioether (sulfide) groups is 1. The highest BCUT2D eigenvalue weighted by Gasteiger charge is 2.16. The maximum absolute atomic E-state index is 12.4. The number of methoxy groups -OCH3 is 2. The number of hydrogen-bond donors (Lipinski definition) is 1. The summed E-state index contributed by atoms with van der Waals surface area (Å²) < 4.78 is 10.4. The van der Waals surface area contributed by atoms with Gasteiger partial charge in [-0.1, -0.05) is 11.6 Å². The summed E-state index contributed by atoms with van der Waals surface area (Å²) in [7, 11) is 3.13. The minimum absolute atomic E-state index is 0.103. The molecule has 23 heavy (non-hydrogen) atoms. The Kier molecular flexibility index (Phi) is 6.19. The fraction of sp³-hybridized carbons (Fsp3) is 0.235. The first-order valence-electron chi connectivity index (χ1n) is 6.98. The van der Waals surface area contributed by atoms with Crippen LogP contribution in [0.25, 0.3) is 0 Å². The van der Waals surface area contributed by atoms with Gasteiger partial charge in [0.25, 0.3) is 0 Å². The van der Waals surface area contributed by atoms with Crippen molar-refractivity contribution < 1.29 is 14.3 Å². The Morgan fingerprint density at radius 2 is 1.83 bits per heavy atom. The van der Waals surface area contributed by atoms with Crippen LogP contribution in [0.5, 0.6) is 11.5 Å². The molecule has 1 atom stereocenters. The number of halogens is 1. The van der Waals surface area contributed by atoms with Gasteiger partial charge in [-0.15, -0.1) is 11.8 Å². The summed E-state index contributed by atoms with van der Waals surface area (Å²) in [5.41, 5.74) is 0.613. The summed E-state index contributed by atoms with van der Waals surface area (Å²) >= 11 is 7.33. The lowest BCUT2D eigenvalue weighted by atomic mass is 10.2. The molecule has 2 aromatic carbocycles. The number of anilines is 1. The zero-order chi connectivity index (χ0) is 16.8. The van der Waals surface area contributed by atoms with Gasteiger partial charge in [-0.25, -0.2) is 0 Å². The lowest BCUT2D eigenvalue weighted by Crippen LogP contribution is -2.22. The average molecular weight is 352 g/mol. The Morgan fingerprint density at radius 1 is 1.13 bits per heavy atom. The van der Waals surface area contributed by atoms with Crippen molar-refractivity contribution in [1.82, 2.24) is 0 Å². The van der Waals surface area contributed by atoms with Gasteiger partial charge >= 0.3 is 0 Å². The van der Waals surface area contributed by atoms with Gasteiger partial charge in [-0.05, 0) is 43.3 Å². The molecule has 2 rings (SSSR count). The van der Waals surface area contributed by atoms with Crippen molar-refractivity contribution in [2.45, 2.75) is 17.1 Å². The van der Waals surface area contributed by atoms with Crippen molar-refractivity contribution >= 4 is 35.0 Å². The van der Waals surface area contributed by atoms with E-state index >= 15 is 0 Å². The van der Waals surface area contributed by atoms with Crippen molar-refractivity contribution in [3.63, 3.8) is 0 Å². The highest BCUT2D eigenvalue weighted by atomic mass is 35.5. The summed E-state index contributed by atoms with van der Waals surface area (Å²) in [6.45, 7) is 1.85.